The van der Waals surface area contributed by atoms with Gasteiger partial charge in [0.15, 0.2) is 0 Å². The summed E-state index contributed by atoms with van der Waals surface area (Å²) in [5, 5.41) is 18.0. The molecule has 43 heavy (non-hydrogen) atoms. The summed E-state index contributed by atoms with van der Waals surface area (Å²) in [6.45, 7) is 0. The van der Waals surface area contributed by atoms with Crippen LogP contribution in [0.2, 0.25) is 20.1 Å². The molecule has 1 atom stereocenters. The largest absolute Gasteiger partial charge is 0.480 e. The van der Waals surface area contributed by atoms with Gasteiger partial charge in [0, 0.05) is 22.2 Å². The minimum atomic E-state index is -4.10. The maximum Gasteiger partial charge on any atom is 0.326 e. The molecule has 0 aliphatic carbocycles. The van der Waals surface area contributed by atoms with Gasteiger partial charge < -0.3 is 21.1 Å². The van der Waals surface area contributed by atoms with E-state index in [4.69, 9.17) is 46.4 Å². The van der Waals surface area contributed by atoms with Gasteiger partial charge in [-0.15, -0.1) is 0 Å². The monoisotopic (exact) mass is 679 g/mol. The molecule has 222 valence electrons. The van der Waals surface area contributed by atoms with Gasteiger partial charge in [0.05, 0.1) is 31.1 Å². The van der Waals surface area contributed by atoms with Gasteiger partial charge in [-0.25, -0.2) is 18.0 Å². The number of hydrogen-bond donors (Lipinski definition) is 4. The van der Waals surface area contributed by atoms with Gasteiger partial charge in [0.1, 0.15) is 6.04 Å². The molecule has 0 fully saturated rings. The van der Waals surface area contributed by atoms with Crippen molar-refractivity contribution >= 4 is 85.5 Å². The Bertz CT molecular complexity index is 1780. The van der Waals surface area contributed by atoms with Crippen LogP contribution in [-0.4, -0.2) is 37.5 Å². The number of carbonyl (C=O) groups excluding carboxylic acids is 2. The maximum absolute atomic E-state index is 13.2. The Labute approximate surface area is 266 Å². The van der Waals surface area contributed by atoms with Crippen LogP contribution < -0.4 is 16.0 Å². The minimum absolute atomic E-state index is 0.0688. The zero-order valence-corrected chi connectivity index (χ0v) is 25.6. The van der Waals surface area contributed by atoms with E-state index in [-0.39, 0.29) is 42.5 Å². The smallest absolute Gasteiger partial charge is 0.326 e. The number of hydrogen-bond acceptors (Lipinski definition) is 5. The van der Waals surface area contributed by atoms with Crippen LogP contribution in [0.3, 0.4) is 0 Å². The van der Waals surface area contributed by atoms with Crippen LogP contribution in [0.5, 0.6) is 0 Å². The number of anilines is 2. The van der Waals surface area contributed by atoms with Gasteiger partial charge in [-0.3, -0.25) is 4.79 Å². The van der Waals surface area contributed by atoms with Gasteiger partial charge in [-0.1, -0.05) is 64.6 Å². The van der Waals surface area contributed by atoms with E-state index in [1.165, 1.54) is 54.6 Å². The molecule has 0 aromatic heterocycles. The number of halogens is 4. The first-order valence-corrected chi connectivity index (χ1v) is 15.3. The van der Waals surface area contributed by atoms with Crippen LogP contribution in [0.1, 0.15) is 15.9 Å². The summed E-state index contributed by atoms with van der Waals surface area (Å²) in [4.78, 5) is 37.1. The minimum Gasteiger partial charge on any atom is -0.480 e. The topological polar surface area (TPSA) is 142 Å². The van der Waals surface area contributed by atoms with Crippen molar-refractivity contribution in [3.8, 4) is 0 Å². The number of amides is 3. The van der Waals surface area contributed by atoms with E-state index in [1.807, 2.05) is 0 Å². The molecule has 4 N–H and O–H groups in total. The van der Waals surface area contributed by atoms with E-state index < -0.39 is 33.8 Å². The molecule has 14 heteroatoms. The summed E-state index contributed by atoms with van der Waals surface area (Å²) < 4.78 is 26.5. The van der Waals surface area contributed by atoms with E-state index in [1.54, 1.807) is 30.3 Å². The second-order valence-corrected chi connectivity index (χ2v) is 12.6. The second kappa shape index (κ2) is 13.7. The third kappa shape index (κ3) is 7.98. The molecule has 0 bridgehead atoms. The van der Waals surface area contributed by atoms with Crippen LogP contribution >= 0.6 is 46.4 Å². The summed E-state index contributed by atoms with van der Waals surface area (Å²) in [6.07, 6.45) is -0.126. The number of sulfone groups is 1. The average Bonchev–Trinajstić information content (AvgIpc) is 2.93. The van der Waals surface area contributed by atoms with Crippen molar-refractivity contribution in [3.05, 3.63) is 116 Å². The molecule has 0 aliphatic rings. The molecule has 4 rings (SSSR count). The molecule has 0 radical (unpaired) electrons. The number of aliphatic carboxylic acids is 1. The summed E-state index contributed by atoms with van der Waals surface area (Å²) in [7, 11) is -4.10. The van der Waals surface area contributed by atoms with Crippen LogP contribution in [0.4, 0.5) is 16.2 Å². The first-order valence-electron chi connectivity index (χ1n) is 12.3. The van der Waals surface area contributed by atoms with Crippen LogP contribution in [0, 0.1) is 0 Å². The molecule has 0 unspecified atom stereocenters. The third-order valence-electron chi connectivity index (χ3n) is 6.05. The Balaban J connectivity index is 1.46. The fraction of sp³-hybridized carbons (Fsp3) is 0.0690. The SMILES string of the molecule is O=C(Nc1cc(Cl)ccc1S(=O)(=O)c1ccc(Cl)cc1)N[C@@H](Cc1ccc(NC(=O)c2c(Cl)cccc2Cl)cc1)C(=O)O. The van der Waals surface area contributed by atoms with Crippen LogP contribution in [-0.2, 0) is 21.1 Å². The fourth-order valence-electron chi connectivity index (χ4n) is 3.96. The lowest BCUT2D eigenvalue weighted by Crippen LogP contribution is -2.44. The molecular formula is C29H21Cl4N3O6S. The average molecular weight is 681 g/mol. The van der Waals surface area contributed by atoms with E-state index in [2.05, 4.69) is 16.0 Å². The number of carbonyl (C=O) groups is 3. The normalized spacial score (nSPS) is 11.8. The quantitative estimate of drug-likeness (QED) is 0.147. The number of rotatable bonds is 9. The van der Waals surface area contributed by atoms with E-state index in [0.717, 1.165) is 0 Å². The first-order chi connectivity index (χ1) is 20.3. The van der Waals surface area contributed by atoms with Gasteiger partial charge in [0.2, 0.25) is 9.84 Å². The van der Waals surface area contributed by atoms with E-state index >= 15 is 0 Å². The zero-order chi connectivity index (χ0) is 31.3. The summed E-state index contributed by atoms with van der Waals surface area (Å²) in [5.74, 6) is -1.86. The molecule has 9 nitrogen and oxygen atoms in total. The predicted molar refractivity (Wildman–Crippen MR) is 166 cm³/mol. The van der Waals surface area contributed by atoms with Crippen LogP contribution in [0.15, 0.2) is 94.7 Å². The lowest BCUT2D eigenvalue weighted by atomic mass is 10.1. The highest BCUT2D eigenvalue weighted by molar-refractivity contribution is 7.91. The lowest BCUT2D eigenvalue weighted by molar-refractivity contribution is -0.139. The zero-order valence-electron chi connectivity index (χ0n) is 21.8. The fourth-order valence-corrected chi connectivity index (χ4v) is 6.22. The van der Waals surface area contributed by atoms with Crippen molar-refractivity contribution in [2.24, 2.45) is 0 Å². The number of carboxylic acid groups (broad SMARTS) is 1. The first kappa shape index (κ1) is 32.1. The third-order valence-corrected chi connectivity index (χ3v) is 8.99. The second-order valence-electron chi connectivity index (χ2n) is 9.04. The standard InChI is InChI=1S/C29H21Cl4N3O6S/c30-17-6-11-20(12-7-17)43(41,42)25-13-8-18(31)15-23(25)35-29(40)36-24(28(38)39)14-16-4-9-19(10-5-16)34-27(37)26-21(32)2-1-3-22(26)33/h1-13,15,24H,14H2,(H,34,37)(H,38,39)(H2,35,36,40)/t24-/m0/s1. The predicted octanol–water partition coefficient (Wildman–Crippen LogP) is 7.20. The molecule has 0 aliphatic heterocycles. The van der Waals surface area contributed by atoms with E-state index in [0.29, 0.717) is 16.3 Å². The highest BCUT2D eigenvalue weighted by Gasteiger charge is 2.25. The number of benzene rings is 4. The summed E-state index contributed by atoms with van der Waals surface area (Å²) in [6, 6.07) is 17.9. The molecule has 0 saturated carbocycles. The highest BCUT2D eigenvalue weighted by Crippen LogP contribution is 2.31. The van der Waals surface area contributed by atoms with Crippen LogP contribution in [0.25, 0.3) is 0 Å². The Kier molecular flexibility index (Phi) is 10.2. The Morgan fingerprint density at radius 2 is 1.37 bits per heavy atom. The van der Waals surface area contributed by atoms with Gasteiger partial charge in [-0.05, 0) is 72.3 Å². The number of carboxylic acids is 1. The van der Waals surface area contributed by atoms with Gasteiger partial charge in [-0.2, -0.15) is 0 Å². The molecule has 4 aromatic rings. The van der Waals surface area contributed by atoms with Crippen molar-refractivity contribution in [2.75, 3.05) is 10.6 Å². The molecule has 3 amide bonds. The Morgan fingerprint density at radius 3 is 1.98 bits per heavy atom. The lowest BCUT2D eigenvalue weighted by Gasteiger charge is -2.17. The molecule has 0 heterocycles. The van der Waals surface area contributed by atoms with Gasteiger partial charge in [0.25, 0.3) is 5.91 Å². The number of nitrogens with one attached hydrogen (secondary N) is 3. The van der Waals surface area contributed by atoms with Gasteiger partial charge >= 0.3 is 12.0 Å². The number of urea groups is 1. The Morgan fingerprint density at radius 1 is 0.767 bits per heavy atom. The maximum atomic E-state index is 13.2. The highest BCUT2D eigenvalue weighted by atomic mass is 35.5. The van der Waals surface area contributed by atoms with Crippen molar-refractivity contribution < 1.29 is 27.9 Å². The van der Waals surface area contributed by atoms with Crippen molar-refractivity contribution in [1.82, 2.24) is 5.32 Å². The molecule has 0 spiro atoms. The van der Waals surface area contributed by atoms with Crippen molar-refractivity contribution in [3.63, 3.8) is 0 Å². The Hall–Kier alpha value is -3.80. The van der Waals surface area contributed by atoms with E-state index in [9.17, 15) is 27.9 Å². The molecule has 0 saturated heterocycles. The summed E-state index contributed by atoms with van der Waals surface area (Å²) in [5.41, 5.74) is 0.885. The van der Waals surface area contributed by atoms with Crippen molar-refractivity contribution in [2.45, 2.75) is 22.3 Å². The molecule has 4 aromatic carbocycles. The molecular weight excluding hydrogens is 660 g/mol. The summed E-state index contributed by atoms with van der Waals surface area (Å²) >= 11 is 24.1. The van der Waals surface area contributed by atoms with Crippen molar-refractivity contribution in [1.29, 1.82) is 0 Å².